The van der Waals surface area contributed by atoms with Crippen LogP contribution in [0.15, 0.2) is 23.1 Å². The summed E-state index contributed by atoms with van der Waals surface area (Å²) in [4.78, 5) is 1.30. The zero-order valence-electron chi connectivity index (χ0n) is 9.99. The van der Waals surface area contributed by atoms with Gasteiger partial charge in [0.1, 0.15) is 5.75 Å². The molecule has 0 saturated carbocycles. The van der Waals surface area contributed by atoms with Gasteiger partial charge in [0.2, 0.25) is 0 Å². The predicted octanol–water partition coefficient (Wildman–Crippen LogP) is 2.87. The zero-order chi connectivity index (χ0) is 11.8. The molecule has 0 aliphatic carbocycles. The molecule has 1 unspecified atom stereocenters. The third-order valence-corrected chi connectivity index (χ3v) is 4.07. The van der Waals surface area contributed by atoms with E-state index in [4.69, 9.17) is 4.74 Å². The number of methoxy groups -OCH3 is 1. The molecule has 0 aromatic heterocycles. The van der Waals surface area contributed by atoms with Gasteiger partial charge >= 0.3 is 0 Å². The summed E-state index contributed by atoms with van der Waals surface area (Å²) in [5, 5.41) is 10.3. The summed E-state index contributed by atoms with van der Waals surface area (Å²) >= 11 is 1.85. The maximum atomic E-state index is 9.84. The second-order valence-electron chi connectivity index (χ2n) is 4.90. The molecule has 1 aromatic carbocycles. The Morgan fingerprint density at radius 1 is 1.50 bits per heavy atom. The summed E-state index contributed by atoms with van der Waals surface area (Å²) in [7, 11) is 1.71. The van der Waals surface area contributed by atoms with E-state index in [1.165, 1.54) is 10.5 Å². The Balaban J connectivity index is 2.15. The van der Waals surface area contributed by atoms with E-state index in [2.05, 4.69) is 6.07 Å². The van der Waals surface area contributed by atoms with Crippen LogP contribution in [0, 0.1) is 0 Å². The molecule has 1 aromatic rings. The topological polar surface area (TPSA) is 29.5 Å². The zero-order valence-corrected chi connectivity index (χ0v) is 10.8. The molecule has 1 N–H and O–H groups in total. The Morgan fingerprint density at radius 2 is 2.25 bits per heavy atom. The summed E-state index contributed by atoms with van der Waals surface area (Å²) in [5.74, 6) is 0.975. The van der Waals surface area contributed by atoms with Gasteiger partial charge in [0.05, 0.1) is 12.7 Å². The van der Waals surface area contributed by atoms with Crippen LogP contribution < -0.4 is 4.74 Å². The lowest BCUT2D eigenvalue weighted by molar-refractivity contribution is 0.0708. The molecule has 0 fully saturated rings. The van der Waals surface area contributed by atoms with E-state index >= 15 is 0 Å². The molecule has 0 radical (unpaired) electrons. The molecule has 1 aliphatic heterocycles. The minimum absolute atomic E-state index is 0.464. The van der Waals surface area contributed by atoms with Gasteiger partial charge in [0, 0.05) is 15.7 Å². The normalized spacial score (nSPS) is 19.6. The van der Waals surface area contributed by atoms with E-state index < -0.39 is 5.60 Å². The molecule has 0 amide bonds. The number of hydrogen-bond donors (Lipinski definition) is 1. The first-order valence-corrected chi connectivity index (χ1v) is 6.42. The van der Waals surface area contributed by atoms with Crippen molar-refractivity contribution in [3.8, 4) is 5.75 Å². The van der Waals surface area contributed by atoms with Crippen LogP contribution in [0.25, 0.3) is 0 Å². The highest BCUT2D eigenvalue weighted by Crippen LogP contribution is 2.43. The van der Waals surface area contributed by atoms with E-state index in [9.17, 15) is 5.11 Å². The van der Waals surface area contributed by atoms with Gasteiger partial charge in [-0.1, -0.05) is 6.07 Å². The Kier molecular flexibility index (Phi) is 3.17. The second-order valence-corrected chi connectivity index (χ2v) is 6.24. The van der Waals surface area contributed by atoms with Gasteiger partial charge in [0.15, 0.2) is 0 Å². The van der Waals surface area contributed by atoms with Crippen LogP contribution >= 0.6 is 11.8 Å². The lowest BCUT2D eigenvalue weighted by Gasteiger charge is -2.20. The lowest BCUT2D eigenvalue weighted by atomic mass is 9.98. The highest BCUT2D eigenvalue weighted by molar-refractivity contribution is 8.00. The molecule has 16 heavy (non-hydrogen) atoms. The number of ether oxygens (including phenoxy) is 1. The van der Waals surface area contributed by atoms with Crippen LogP contribution in [-0.4, -0.2) is 23.1 Å². The lowest BCUT2D eigenvalue weighted by Crippen LogP contribution is -2.24. The number of aliphatic hydroxyl groups is 1. The van der Waals surface area contributed by atoms with Gasteiger partial charge in [-0.15, -0.1) is 11.8 Å². The Hall–Kier alpha value is -0.670. The highest BCUT2D eigenvalue weighted by Gasteiger charge is 2.29. The van der Waals surface area contributed by atoms with Crippen LogP contribution in [0.5, 0.6) is 5.75 Å². The van der Waals surface area contributed by atoms with Crippen LogP contribution in [-0.2, 0) is 6.42 Å². The van der Waals surface area contributed by atoms with Crippen LogP contribution in [0.3, 0.4) is 0 Å². The SMILES string of the molecule is COc1cccc2c1CC(CC(C)(C)O)S2. The van der Waals surface area contributed by atoms with E-state index in [1.807, 2.05) is 37.7 Å². The number of fused-ring (bicyclic) bond motifs is 1. The van der Waals surface area contributed by atoms with Crippen LogP contribution in [0.4, 0.5) is 0 Å². The first-order valence-electron chi connectivity index (χ1n) is 5.54. The standard InChI is InChI=1S/C13H18O2S/c1-13(2,14)8-9-7-10-11(15-3)5-4-6-12(10)16-9/h4-6,9,14H,7-8H2,1-3H3. The quantitative estimate of drug-likeness (QED) is 0.878. The van der Waals surface area contributed by atoms with Crippen molar-refractivity contribution in [2.45, 2.75) is 42.4 Å². The number of rotatable bonds is 3. The fraction of sp³-hybridized carbons (Fsp3) is 0.538. The largest absolute Gasteiger partial charge is 0.496 e. The first kappa shape index (κ1) is 11.8. The van der Waals surface area contributed by atoms with E-state index in [1.54, 1.807) is 7.11 Å². The Labute approximate surface area is 101 Å². The van der Waals surface area contributed by atoms with Crippen molar-refractivity contribution in [1.29, 1.82) is 0 Å². The number of benzene rings is 1. The van der Waals surface area contributed by atoms with Crippen molar-refractivity contribution in [2.24, 2.45) is 0 Å². The molecular formula is C13H18O2S. The van der Waals surface area contributed by atoms with E-state index in [0.717, 1.165) is 18.6 Å². The van der Waals surface area contributed by atoms with E-state index in [-0.39, 0.29) is 0 Å². The van der Waals surface area contributed by atoms with Crippen LogP contribution in [0.1, 0.15) is 25.8 Å². The molecule has 2 nitrogen and oxygen atoms in total. The molecule has 2 rings (SSSR count). The molecule has 1 heterocycles. The molecule has 0 saturated heterocycles. The second kappa shape index (κ2) is 4.30. The number of thioether (sulfide) groups is 1. The third kappa shape index (κ3) is 2.53. The molecule has 0 spiro atoms. The van der Waals surface area contributed by atoms with Gasteiger partial charge in [-0.3, -0.25) is 0 Å². The van der Waals surface area contributed by atoms with Crippen molar-refractivity contribution in [2.75, 3.05) is 7.11 Å². The average Bonchev–Trinajstić information content (AvgIpc) is 2.56. The first-order chi connectivity index (χ1) is 7.49. The fourth-order valence-electron chi connectivity index (χ4n) is 2.17. The molecule has 0 bridgehead atoms. The van der Waals surface area contributed by atoms with Crippen LogP contribution in [0.2, 0.25) is 0 Å². The maximum absolute atomic E-state index is 9.84. The molecular weight excluding hydrogens is 220 g/mol. The van der Waals surface area contributed by atoms with Gasteiger partial charge in [-0.25, -0.2) is 0 Å². The Morgan fingerprint density at radius 3 is 2.88 bits per heavy atom. The summed E-state index contributed by atoms with van der Waals surface area (Å²) in [5.41, 5.74) is 0.705. The fourth-order valence-corrected chi connectivity index (χ4v) is 3.75. The molecule has 1 atom stereocenters. The molecule has 1 aliphatic rings. The third-order valence-electron chi connectivity index (χ3n) is 2.76. The van der Waals surface area contributed by atoms with Crippen molar-refractivity contribution in [3.05, 3.63) is 23.8 Å². The Bertz CT molecular complexity index is 382. The van der Waals surface area contributed by atoms with E-state index in [0.29, 0.717) is 5.25 Å². The van der Waals surface area contributed by atoms with Crippen molar-refractivity contribution < 1.29 is 9.84 Å². The average molecular weight is 238 g/mol. The smallest absolute Gasteiger partial charge is 0.123 e. The van der Waals surface area contributed by atoms with Crippen molar-refractivity contribution in [1.82, 2.24) is 0 Å². The number of hydrogen-bond acceptors (Lipinski definition) is 3. The van der Waals surface area contributed by atoms with Gasteiger partial charge in [0.25, 0.3) is 0 Å². The predicted molar refractivity (Wildman–Crippen MR) is 67.3 cm³/mol. The summed E-state index contributed by atoms with van der Waals surface area (Å²) in [6, 6.07) is 6.16. The minimum Gasteiger partial charge on any atom is -0.496 e. The monoisotopic (exact) mass is 238 g/mol. The summed E-state index contributed by atoms with van der Waals surface area (Å²) < 4.78 is 5.36. The highest BCUT2D eigenvalue weighted by atomic mass is 32.2. The molecule has 88 valence electrons. The summed E-state index contributed by atoms with van der Waals surface area (Å²) in [6.45, 7) is 3.74. The minimum atomic E-state index is -0.590. The van der Waals surface area contributed by atoms with Gasteiger partial charge < -0.3 is 9.84 Å². The molecule has 3 heteroatoms. The van der Waals surface area contributed by atoms with Gasteiger partial charge in [-0.05, 0) is 38.8 Å². The summed E-state index contributed by atoms with van der Waals surface area (Å²) in [6.07, 6.45) is 1.81. The van der Waals surface area contributed by atoms with Gasteiger partial charge in [-0.2, -0.15) is 0 Å². The van der Waals surface area contributed by atoms with Crippen molar-refractivity contribution >= 4 is 11.8 Å². The maximum Gasteiger partial charge on any atom is 0.123 e. The van der Waals surface area contributed by atoms with Crippen molar-refractivity contribution in [3.63, 3.8) is 0 Å².